The summed E-state index contributed by atoms with van der Waals surface area (Å²) in [5.74, 6) is 0. The summed E-state index contributed by atoms with van der Waals surface area (Å²) in [5.41, 5.74) is 1.96. The van der Waals surface area contributed by atoms with Crippen molar-refractivity contribution in [2.24, 2.45) is 0 Å². The summed E-state index contributed by atoms with van der Waals surface area (Å²) in [5, 5.41) is 8.62. The normalized spacial score (nSPS) is 11.8. The number of sulfonamides is 1. The molecule has 0 amide bonds. The summed E-state index contributed by atoms with van der Waals surface area (Å²) in [6.07, 6.45) is 0.404. The van der Waals surface area contributed by atoms with E-state index in [1.54, 1.807) is 12.1 Å². The highest BCUT2D eigenvalue weighted by atomic mass is 79.9. The van der Waals surface area contributed by atoms with E-state index >= 15 is 0 Å². The van der Waals surface area contributed by atoms with E-state index in [4.69, 9.17) is 5.11 Å². The topological polar surface area (TPSA) is 66.4 Å². The third-order valence-electron chi connectivity index (χ3n) is 2.46. The Morgan fingerprint density at radius 2 is 1.88 bits per heavy atom. The fraction of sp³-hybridized carbons (Fsp3) is 0.455. The van der Waals surface area contributed by atoms with Crippen LogP contribution >= 0.6 is 15.9 Å². The largest absolute Gasteiger partial charge is 0.396 e. The van der Waals surface area contributed by atoms with Gasteiger partial charge in [-0.1, -0.05) is 0 Å². The molecular weight excluding hydrogens is 306 g/mol. The molecule has 1 aromatic rings. The van der Waals surface area contributed by atoms with Gasteiger partial charge in [-0.3, -0.25) is 0 Å². The van der Waals surface area contributed by atoms with Crippen LogP contribution < -0.4 is 4.72 Å². The van der Waals surface area contributed by atoms with Gasteiger partial charge in [-0.05, 0) is 59.5 Å². The maximum absolute atomic E-state index is 12.0. The first kappa shape index (κ1) is 14.6. The quantitative estimate of drug-likeness (QED) is 0.812. The number of halogens is 1. The molecule has 0 aliphatic heterocycles. The van der Waals surface area contributed by atoms with Crippen LogP contribution in [-0.2, 0) is 10.0 Å². The van der Waals surface area contributed by atoms with Gasteiger partial charge in [0.15, 0.2) is 0 Å². The molecule has 0 saturated heterocycles. The molecule has 17 heavy (non-hydrogen) atoms. The van der Waals surface area contributed by atoms with E-state index in [-0.39, 0.29) is 18.0 Å². The first-order valence-corrected chi connectivity index (χ1v) is 7.53. The predicted molar refractivity (Wildman–Crippen MR) is 70.5 cm³/mol. The van der Waals surface area contributed by atoms with E-state index in [0.29, 0.717) is 10.9 Å². The number of hydrogen-bond acceptors (Lipinski definition) is 3. The average Bonchev–Trinajstić information content (AvgIpc) is 2.23. The average molecular weight is 322 g/mol. The summed E-state index contributed by atoms with van der Waals surface area (Å²) in [6.45, 7) is 4.00. The van der Waals surface area contributed by atoms with Crippen LogP contribution in [0.3, 0.4) is 0 Å². The summed E-state index contributed by atoms with van der Waals surface area (Å²) < 4.78 is 26.9. The molecular formula is C11H16BrNO3S. The minimum Gasteiger partial charge on any atom is -0.396 e. The zero-order chi connectivity index (χ0) is 13.1. The Hall–Kier alpha value is -0.430. The Bertz CT molecular complexity index is 500. The molecule has 0 unspecified atom stereocenters. The minimum atomic E-state index is -3.51. The van der Waals surface area contributed by atoms with Crippen molar-refractivity contribution in [2.75, 3.05) is 13.2 Å². The van der Waals surface area contributed by atoms with E-state index < -0.39 is 10.0 Å². The smallest absolute Gasteiger partial charge is 0.241 e. The number of aliphatic hydroxyl groups is 1. The summed E-state index contributed by atoms with van der Waals surface area (Å²) in [4.78, 5) is 0.235. The lowest BCUT2D eigenvalue weighted by atomic mass is 10.1. The van der Waals surface area contributed by atoms with Crippen molar-refractivity contribution in [2.45, 2.75) is 25.2 Å². The second-order valence-corrected chi connectivity index (χ2v) is 6.43. The van der Waals surface area contributed by atoms with Crippen molar-refractivity contribution >= 4 is 26.0 Å². The van der Waals surface area contributed by atoms with Gasteiger partial charge in [-0.2, -0.15) is 0 Å². The van der Waals surface area contributed by atoms with Gasteiger partial charge in [0.1, 0.15) is 0 Å². The van der Waals surface area contributed by atoms with Crippen LogP contribution in [0.4, 0.5) is 0 Å². The lowest BCUT2D eigenvalue weighted by Gasteiger charge is -2.10. The number of aryl methyl sites for hydroxylation is 2. The molecule has 0 atom stereocenters. The van der Waals surface area contributed by atoms with Gasteiger partial charge >= 0.3 is 0 Å². The first-order valence-electron chi connectivity index (χ1n) is 5.26. The predicted octanol–water partition coefficient (Wildman–Crippen LogP) is 1.73. The number of hydrogen-bond donors (Lipinski definition) is 2. The van der Waals surface area contributed by atoms with Crippen LogP contribution in [0.2, 0.25) is 0 Å². The van der Waals surface area contributed by atoms with Crippen molar-refractivity contribution in [3.63, 3.8) is 0 Å². The molecule has 6 heteroatoms. The van der Waals surface area contributed by atoms with Crippen molar-refractivity contribution in [1.82, 2.24) is 4.72 Å². The minimum absolute atomic E-state index is 0.0311. The van der Waals surface area contributed by atoms with Gasteiger partial charge in [-0.25, -0.2) is 13.1 Å². The van der Waals surface area contributed by atoms with Gasteiger partial charge < -0.3 is 5.11 Å². The van der Waals surface area contributed by atoms with E-state index in [1.807, 2.05) is 13.8 Å². The molecule has 0 aromatic heterocycles. The Morgan fingerprint density at radius 3 is 2.47 bits per heavy atom. The van der Waals surface area contributed by atoms with Gasteiger partial charge in [0.05, 0.1) is 4.90 Å². The van der Waals surface area contributed by atoms with Crippen molar-refractivity contribution in [3.8, 4) is 0 Å². The summed E-state index contributed by atoms with van der Waals surface area (Å²) in [6, 6.07) is 3.43. The van der Waals surface area contributed by atoms with Crippen molar-refractivity contribution in [1.29, 1.82) is 0 Å². The highest BCUT2D eigenvalue weighted by Gasteiger charge is 2.17. The molecule has 0 radical (unpaired) electrons. The zero-order valence-electron chi connectivity index (χ0n) is 9.83. The maximum Gasteiger partial charge on any atom is 0.241 e. The Labute approximate surface area is 110 Å². The molecule has 4 nitrogen and oxygen atoms in total. The van der Waals surface area contributed by atoms with Crippen molar-refractivity contribution < 1.29 is 13.5 Å². The second-order valence-electron chi connectivity index (χ2n) is 3.84. The summed E-state index contributed by atoms with van der Waals surface area (Å²) >= 11 is 3.26. The highest BCUT2D eigenvalue weighted by molar-refractivity contribution is 9.10. The molecule has 0 saturated carbocycles. The number of rotatable bonds is 5. The Kier molecular flexibility index (Phi) is 5.12. The SMILES string of the molecule is Cc1cc(Br)c(S(=O)(=O)NCCCO)cc1C. The summed E-state index contributed by atoms with van der Waals surface area (Å²) in [7, 11) is -3.51. The van der Waals surface area contributed by atoms with E-state index in [0.717, 1.165) is 11.1 Å². The van der Waals surface area contributed by atoms with Crippen LogP contribution in [0.25, 0.3) is 0 Å². The van der Waals surface area contributed by atoms with Crippen LogP contribution in [0, 0.1) is 13.8 Å². The molecule has 2 N–H and O–H groups in total. The molecule has 96 valence electrons. The maximum atomic E-state index is 12.0. The third-order valence-corrected chi connectivity index (χ3v) is 4.88. The van der Waals surface area contributed by atoms with Crippen LogP contribution in [-0.4, -0.2) is 26.7 Å². The van der Waals surface area contributed by atoms with Gasteiger partial charge in [0.2, 0.25) is 10.0 Å². The monoisotopic (exact) mass is 321 g/mol. The molecule has 0 aliphatic carbocycles. The van der Waals surface area contributed by atoms with E-state index in [9.17, 15) is 8.42 Å². The molecule has 1 aromatic carbocycles. The van der Waals surface area contributed by atoms with Crippen LogP contribution in [0.5, 0.6) is 0 Å². The van der Waals surface area contributed by atoms with Crippen LogP contribution in [0.1, 0.15) is 17.5 Å². The molecule has 0 bridgehead atoms. The van der Waals surface area contributed by atoms with Crippen LogP contribution in [0.15, 0.2) is 21.5 Å². The molecule has 0 fully saturated rings. The van der Waals surface area contributed by atoms with Gasteiger partial charge in [-0.15, -0.1) is 0 Å². The number of nitrogens with one attached hydrogen (secondary N) is 1. The standard InChI is InChI=1S/C11H16BrNO3S/c1-8-6-10(12)11(7-9(8)2)17(15,16)13-4-3-5-14/h6-7,13-14H,3-5H2,1-2H3. The Morgan fingerprint density at radius 1 is 1.29 bits per heavy atom. The fourth-order valence-corrected chi connectivity index (χ4v) is 3.64. The van der Waals surface area contributed by atoms with Gasteiger partial charge in [0, 0.05) is 17.6 Å². The molecule has 1 rings (SSSR count). The highest BCUT2D eigenvalue weighted by Crippen LogP contribution is 2.25. The Balaban J connectivity index is 3.03. The first-order chi connectivity index (χ1) is 7.88. The number of benzene rings is 1. The second kappa shape index (κ2) is 5.95. The van der Waals surface area contributed by atoms with E-state index in [2.05, 4.69) is 20.7 Å². The lowest BCUT2D eigenvalue weighted by Crippen LogP contribution is -2.25. The lowest BCUT2D eigenvalue weighted by molar-refractivity contribution is 0.289. The molecule has 0 heterocycles. The van der Waals surface area contributed by atoms with Gasteiger partial charge in [0.25, 0.3) is 0 Å². The number of aliphatic hydroxyl groups excluding tert-OH is 1. The third kappa shape index (κ3) is 3.77. The molecule has 0 spiro atoms. The van der Waals surface area contributed by atoms with E-state index in [1.165, 1.54) is 0 Å². The zero-order valence-corrected chi connectivity index (χ0v) is 12.2. The van der Waals surface area contributed by atoms with Crippen molar-refractivity contribution in [3.05, 3.63) is 27.7 Å². The molecule has 0 aliphatic rings. The fourth-order valence-electron chi connectivity index (χ4n) is 1.32.